The van der Waals surface area contributed by atoms with Gasteiger partial charge in [0.1, 0.15) is 11.6 Å². The largest absolute Gasteiger partial charge is 0.490 e. The highest BCUT2D eigenvalue weighted by atomic mass is 19.1. The highest BCUT2D eigenvalue weighted by Gasteiger charge is 2.68. The van der Waals surface area contributed by atoms with Crippen LogP contribution in [0.3, 0.4) is 0 Å². The number of hydrogen-bond acceptors (Lipinski definition) is 4. The van der Waals surface area contributed by atoms with Crippen LogP contribution in [-0.2, 0) is 4.79 Å². The summed E-state index contributed by atoms with van der Waals surface area (Å²) < 4.78 is 19.9. The van der Waals surface area contributed by atoms with Crippen LogP contribution < -0.4 is 10.1 Å². The normalized spacial score (nSPS) is 37.7. The number of ether oxygens (including phenoxy) is 1. The van der Waals surface area contributed by atoms with Crippen molar-refractivity contribution in [3.63, 3.8) is 0 Å². The first kappa shape index (κ1) is 19.0. The van der Waals surface area contributed by atoms with Gasteiger partial charge in [0.2, 0.25) is 5.91 Å². The molecule has 3 unspecified atom stereocenters. The zero-order chi connectivity index (χ0) is 21.4. The van der Waals surface area contributed by atoms with Crippen LogP contribution in [-0.4, -0.2) is 22.5 Å². The fraction of sp³-hybridized carbons (Fsp3) is 0.560. The highest BCUT2D eigenvalue weighted by molar-refractivity contribution is 5.84. The Kier molecular flexibility index (Phi) is 3.94. The molecule has 3 atom stereocenters. The number of pyridine rings is 1. The van der Waals surface area contributed by atoms with Crippen molar-refractivity contribution < 1.29 is 13.9 Å². The maximum atomic E-state index is 13.7. The van der Waals surface area contributed by atoms with E-state index < -0.39 is 0 Å². The molecule has 1 heterocycles. The molecule has 5 aliphatic rings. The number of nitrogens with one attached hydrogen (secondary N) is 1. The van der Waals surface area contributed by atoms with Crippen molar-refractivity contribution in [3.8, 4) is 11.8 Å². The van der Waals surface area contributed by atoms with Gasteiger partial charge in [0, 0.05) is 29.5 Å². The van der Waals surface area contributed by atoms with Crippen LogP contribution in [0.25, 0.3) is 10.9 Å². The first-order valence-electron chi connectivity index (χ1n) is 11.3. The summed E-state index contributed by atoms with van der Waals surface area (Å²) in [5.74, 6) is 2.11. The molecular formula is C25H26FN3O2. The first-order valence-corrected chi connectivity index (χ1v) is 11.3. The second-order valence-corrected chi connectivity index (χ2v) is 10.5. The van der Waals surface area contributed by atoms with E-state index in [2.05, 4.69) is 23.3 Å². The predicted octanol–water partition coefficient (Wildman–Crippen LogP) is 4.37. The van der Waals surface area contributed by atoms with Crippen molar-refractivity contribution in [1.82, 2.24) is 10.3 Å². The molecule has 0 spiro atoms. The molecule has 160 valence electrons. The lowest BCUT2D eigenvalue weighted by Crippen LogP contribution is -2.74. The Labute approximate surface area is 181 Å². The van der Waals surface area contributed by atoms with Crippen molar-refractivity contribution in [2.75, 3.05) is 0 Å². The number of hydrogen-bond donors (Lipinski definition) is 1. The van der Waals surface area contributed by atoms with Gasteiger partial charge in [-0.05, 0) is 79.5 Å². The van der Waals surface area contributed by atoms with E-state index in [1.54, 1.807) is 12.3 Å². The smallest absolute Gasteiger partial charge is 0.223 e. The lowest BCUT2D eigenvalue weighted by Gasteiger charge is -2.70. The van der Waals surface area contributed by atoms with Crippen molar-refractivity contribution in [2.24, 2.45) is 29.1 Å². The van der Waals surface area contributed by atoms with Gasteiger partial charge in [-0.25, -0.2) is 4.39 Å². The van der Waals surface area contributed by atoms with Crippen LogP contribution >= 0.6 is 0 Å². The van der Waals surface area contributed by atoms with E-state index in [1.807, 2.05) is 6.07 Å². The number of nitrogens with zero attached hydrogens (tertiary/aromatic N) is 2. The Morgan fingerprint density at radius 3 is 2.77 bits per heavy atom. The van der Waals surface area contributed by atoms with Crippen molar-refractivity contribution in [2.45, 2.75) is 57.1 Å². The molecule has 6 heteroatoms. The SMILES string of the molecule is CC(C(=O)NC12CC(CC#N)(C1)C2)C1C2CC(Oc3ccnc4ccc(F)cc34)CC21. The third-order valence-corrected chi connectivity index (χ3v) is 8.40. The van der Waals surface area contributed by atoms with E-state index in [1.165, 1.54) is 12.1 Å². The van der Waals surface area contributed by atoms with Gasteiger partial charge in [-0.1, -0.05) is 6.92 Å². The van der Waals surface area contributed by atoms with Crippen LogP contribution in [0, 0.1) is 46.2 Å². The topological polar surface area (TPSA) is 75.0 Å². The minimum absolute atomic E-state index is 0.0183. The third-order valence-electron chi connectivity index (χ3n) is 8.40. The molecule has 5 nitrogen and oxygen atoms in total. The van der Waals surface area contributed by atoms with Crippen LogP contribution in [0.5, 0.6) is 5.75 Å². The highest BCUT2D eigenvalue weighted by Crippen LogP contribution is 2.69. The Morgan fingerprint density at radius 2 is 2.06 bits per heavy atom. The van der Waals surface area contributed by atoms with Gasteiger partial charge in [0.25, 0.3) is 0 Å². The maximum Gasteiger partial charge on any atom is 0.223 e. The number of amides is 1. The molecule has 5 fully saturated rings. The first-order chi connectivity index (χ1) is 14.9. The Bertz CT molecular complexity index is 1090. The summed E-state index contributed by atoms with van der Waals surface area (Å²) in [5, 5.41) is 12.9. The third kappa shape index (κ3) is 2.93. The predicted molar refractivity (Wildman–Crippen MR) is 112 cm³/mol. The summed E-state index contributed by atoms with van der Waals surface area (Å²) in [5.41, 5.74) is 0.914. The lowest BCUT2D eigenvalue weighted by molar-refractivity contribution is -0.165. The molecule has 1 aromatic heterocycles. The maximum absolute atomic E-state index is 13.7. The van der Waals surface area contributed by atoms with Crippen LogP contribution in [0.2, 0.25) is 0 Å². The van der Waals surface area contributed by atoms with Gasteiger partial charge in [0.15, 0.2) is 0 Å². The molecule has 1 N–H and O–H groups in total. The minimum atomic E-state index is -0.290. The second-order valence-electron chi connectivity index (χ2n) is 10.5. The number of carbonyl (C=O) groups is 1. The number of carbonyl (C=O) groups excluding carboxylic acids is 1. The molecule has 5 saturated carbocycles. The number of fused-ring (bicyclic) bond motifs is 2. The average Bonchev–Trinajstić information content (AvgIpc) is 3.19. The number of aromatic nitrogens is 1. The summed E-state index contributed by atoms with van der Waals surface area (Å²) in [4.78, 5) is 17.1. The number of nitriles is 1. The van der Waals surface area contributed by atoms with Gasteiger partial charge in [-0.2, -0.15) is 5.26 Å². The van der Waals surface area contributed by atoms with Gasteiger partial charge in [-0.3, -0.25) is 9.78 Å². The van der Waals surface area contributed by atoms with E-state index in [9.17, 15) is 9.18 Å². The summed E-state index contributed by atoms with van der Waals surface area (Å²) in [6.45, 7) is 2.06. The molecule has 2 bridgehead atoms. The van der Waals surface area contributed by atoms with E-state index >= 15 is 0 Å². The molecule has 2 aromatic rings. The molecular weight excluding hydrogens is 393 g/mol. The van der Waals surface area contributed by atoms with E-state index in [-0.39, 0.29) is 34.7 Å². The number of halogens is 1. The molecule has 0 saturated heterocycles. The fourth-order valence-corrected chi connectivity index (χ4v) is 7.09. The average molecular weight is 420 g/mol. The molecule has 1 aromatic carbocycles. The van der Waals surface area contributed by atoms with Gasteiger partial charge >= 0.3 is 0 Å². The second kappa shape index (κ2) is 6.41. The lowest BCUT2D eigenvalue weighted by atomic mass is 9.38. The summed E-state index contributed by atoms with van der Waals surface area (Å²) in [6.07, 6.45) is 7.24. The Balaban J connectivity index is 1.04. The fourth-order valence-electron chi connectivity index (χ4n) is 7.09. The molecule has 0 aliphatic heterocycles. The van der Waals surface area contributed by atoms with E-state index in [0.29, 0.717) is 35.3 Å². The Morgan fingerprint density at radius 1 is 1.32 bits per heavy atom. The molecule has 7 rings (SSSR count). The minimum Gasteiger partial charge on any atom is -0.490 e. The Hall–Kier alpha value is -2.68. The van der Waals surface area contributed by atoms with E-state index in [0.717, 1.165) is 37.6 Å². The van der Waals surface area contributed by atoms with Crippen molar-refractivity contribution >= 4 is 16.8 Å². The van der Waals surface area contributed by atoms with Crippen molar-refractivity contribution in [3.05, 3.63) is 36.3 Å². The summed E-state index contributed by atoms with van der Waals surface area (Å²) >= 11 is 0. The van der Waals surface area contributed by atoms with Crippen LogP contribution in [0.1, 0.15) is 45.4 Å². The van der Waals surface area contributed by atoms with Gasteiger partial charge in [0.05, 0.1) is 17.7 Å². The summed E-state index contributed by atoms with van der Waals surface area (Å²) in [7, 11) is 0. The van der Waals surface area contributed by atoms with Crippen LogP contribution in [0.4, 0.5) is 4.39 Å². The standard InChI is InChI=1S/C25H26FN3O2/c1-14(23(30)29-25-11-24(12-25,13-25)5-6-27)22-17-9-16(10-18(17)22)31-21-4-7-28-20-3-2-15(26)8-19(20)21/h2-4,7-8,14,16-18,22H,5,9-13H2,1H3,(H,29,30). The molecule has 0 radical (unpaired) electrons. The molecule has 1 amide bonds. The molecule has 31 heavy (non-hydrogen) atoms. The summed E-state index contributed by atoms with van der Waals surface area (Å²) in [6, 6.07) is 8.66. The quantitative estimate of drug-likeness (QED) is 0.755. The zero-order valence-corrected chi connectivity index (χ0v) is 17.6. The number of rotatable bonds is 6. The van der Waals surface area contributed by atoms with E-state index in [4.69, 9.17) is 10.00 Å². The van der Waals surface area contributed by atoms with Gasteiger partial charge < -0.3 is 10.1 Å². The van der Waals surface area contributed by atoms with Crippen molar-refractivity contribution in [1.29, 1.82) is 5.26 Å². The molecule has 5 aliphatic carbocycles. The monoisotopic (exact) mass is 419 g/mol. The zero-order valence-electron chi connectivity index (χ0n) is 17.6. The van der Waals surface area contributed by atoms with Crippen LogP contribution in [0.15, 0.2) is 30.5 Å². The number of benzene rings is 1. The van der Waals surface area contributed by atoms with Gasteiger partial charge in [-0.15, -0.1) is 0 Å².